The maximum atomic E-state index is 8.68. The Labute approximate surface area is 81.5 Å². The van der Waals surface area contributed by atoms with Crippen molar-refractivity contribution in [3.63, 3.8) is 0 Å². The summed E-state index contributed by atoms with van der Waals surface area (Å²) in [7, 11) is 0. The molecule has 0 fully saturated rings. The number of nitriles is 1. The van der Waals surface area contributed by atoms with Crippen molar-refractivity contribution in [1.29, 1.82) is 5.26 Å². The Balaban J connectivity index is 2.25. The van der Waals surface area contributed by atoms with E-state index >= 15 is 0 Å². The Kier molecular flexibility index (Phi) is 2.44. The Morgan fingerprint density at radius 2 is 2.38 bits per heavy atom. The second-order valence-corrected chi connectivity index (χ2v) is 4.04. The van der Waals surface area contributed by atoms with Gasteiger partial charge in [0.2, 0.25) is 0 Å². The summed E-state index contributed by atoms with van der Waals surface area (Å²) >= 11 is 1.58. The van der Waals surface area contributed by atoms with E-state index in [0.717, 1.165) is 24.4 Å². The van der Waals surface area contributed by atoms with Gasteiger partial charge in [-0.2, -0.15) is 5.26 Å². The van der Waals surface area contributed by atoms with E-state index in [9.17, 15) is 0 Å². The monoisotopic (exact) mass is 190 g/mol. The van der Waals surface area contributed by atoms with Crippen molar-refractivity contribution in [2.24, 2.45) is 0 Å². The van der Waals surface area contributed by atoms with Gasteiger partial charge in [-0.1, -0.05) is 6.08 Å². The zero-order valence-corrected chi connectivity index (χ0v) is 8.03. The molecule has 0 aliphatic carbocycles. The highest BCUT2D eigenvalue weighted by atomic mass is 32.1. The highest BCUT2D eigenvalue weighted by Gasteiger charge is 2.07. The van der Waals surface area contributed by atoms with Gasteiger partial charge in [-0.15, -0.1) is 11.3 Å². The van der Waals surface area contributed by atoms with Gasteiger partial charge in [0.1, 0.15) is 10.9 Å². The van der Waals surface area contributed by atoms with Crippen molar-refractivity contribution in [2.75, 3.05) is 13.1 Å². The summed E-state index contributed by atoms with van der Waals surface area (Å²) in [6.07, 6.45) is 3.28. The minimum atomic E-state index is 0.800. The molecule has 0 spiro atoms. The van der Waals surface area contributed by atoms with Crippen LogP contribution in [0, 0.1) is 11.3 Å². The van der Waals surface area contributed by atoms with E-state index in [0.29, 0.717) is 0 Å². The molecule has 0 amide bonds. The Morgan fingerprint density at radius 3 is 3.00 bits per heavy atom. The van der Waals surface area contributed by atoms with Crippen LogP contribution in [-0.4, -0.2) is 13.1 Å². The number of hydrogen-bond donors (Lipinski definition) is 1. The van der Waals surface area contributed by atoms with Crippen LogP contribution in [0.4, 0.5) is 0 Å². The fourth-order valence-corrected chi connectivity index (χ4v) is 2.29. The van der Waals surface area contributed by atoms with Gasteiger partial charge in [0.15, 0.2) is 0 Å². The molecule has 1 aliphatic heterocycles. The van der Waals surface area contributed by atoms with Crippen LogP contribution in [-0.2, 0) is 0 Å². The second-order valence-electron chi connectivity index (χ2n) is 2.96. The van der Waals surface area contributed by atoms with Crippen LogP contribution in [0.25, 0.3) is 5.57 Å². The van der Waals surface area contributed by atoms with E-state index in [1.165, 1.54) is 10.5 Å². The third-order valence-electron chi connectivity index (χ3n) is 2.10. The number of nitrogens with zero attached hydrogens (tertiary/aromatic N) is 1. The van der Waals surface area contributed by atoms with Crippen molar-refractivity contribution in [2.45, 2.75) is 6.42 Å². The highest BCUT2D eigenvalue weighted by molar-refractivity contribution is 7.13. The maximum Gasteiger partial charge on any atom is 0.110 e. The van der Waals surface area contributed by atoms with Gasteiger partial charge in [0, 0.05) is 11.4 Å². The first kappa shape index (κ1) is 8.49. The number of thiophene rings is 1. The molecule has 0 saturated carbocycles. The summed E-state index contributed by atoms with van der Waals surface area (Å²) in [4.78, 5) is 2.05. The zero-order valence-electron chi connectivity index (χ0n) is 7.21. The van der Waals surface area contributed by atoms with Crippen LogP contribution in [0.1, 0.15) is 16.2 Å². The van der Waals surface area contributed by atoms with Crippen molar-refractivity contribution in [3.8, 4) is 6.07 Å². The number of nitrogens with one attached hydrogen (secondary N) is 1. The molecule has 1 aromatic heterocycles. The minimum absolute atomic E-state index is 0.800. The zero-order chi connectivity index (χ0) is 9.10. The molecule has 66 valence electrons. The molecule has 0 saturated heterocycles. The molecule has 1 aromatic rings. The standard InChI is InChI=1S/C10H10N2S/c11-7-9-1-2-10(13-9)8-3-5-12-6-4-8/h1-3,12H,4-6H2. The molecular formula is C10H10N2S. The lowest BCUT2D eigenvalue weighted by atomic mass is 10.1. The molecular weight excluding hydrogens is 180 g/mol. The van der Waals surface area contributed by atoms with E-state index in [2.05, 4.69) is 17.5 Å². The molecule has 2 heterocycles. The average Bonchev–Trinajstić information content (AvgIpc) is 2.67. The SMILES string of the molecule is N#Cc1ccc(C2=CCNCC2)s1. The smallest absolute Gasteiger partial charge is 0.110 e. The van der Waals surface area contributed by atoms with Gasteiger partial charge < -0.3 is 5.32 Å². The van der Waals surface area contributed by atoms with Gasteiger partial charge in [-0.05, 0) is 30.7 Å². The number of hydrogen-bond acceptors (Lipinski definition) is 3. The molecule has 0 aromatic carbocycles. The lowest BCUT2D eigenvalue weighted by Gasteiger charge is -2.11. The summed E-state index contributed by atoms with van der Waals surface area (Å²) in [5, 5.41) is 11.9. The molecule has 3 heteroatoms. The lowest BCUT2D eigenvalue weighted by molar-refractivity contribution is 0.739. The molecule has 2 rings (SSSR count). The van der Waals surface area contributed by atoms with Crippen molar-refractivity contribution >= 4 is 16.9 Å². The fourth-order valence-electron chi connectivity index (χ4n) is 1.42. The summed E-state index contributed by atoms with van der Waals surface area (Å²) in [5.74, 6) is 0. The van der Waals surface area contributed by atoms with Crippen LogP contribution >= 0.6 is 11.3 Å². The van der Waals surface area contributed by atoms with Crippen LogP contribution in [0.3, 0.4) is 0 Å². The number of rotatable bonds is 1. The molecule has 1 N–H and O–H groups in total. The predicted octanol–water partition coefficient (Wildman–Crippen LogP) is 2.00. The van der Waals surface area contributed by atoms with Crippen molar-refractivity contribution < 1.29 is 0 Å². The largest absolute Gasteiger partial charge is 0.313 e. The summed E-state index contributed by atoms with van der Waals surface area (Å²) in [6.45, 7) is 2.00. The Bertz CT molecular complexity index is 371. The first-order valence-electron chi connectivity index (χ1n) is 4.30. The Hall–Kier alpha value is -1.11. The van der Waals surface area contributed by atoms with E-state index in [1.54, 1.807) is 11.3 Å². The van der Waals surface area contributed by atoms with Crippen molar-refractivity contribution in [1.82, 2.24) is 5.32 Å². The van der Waals surface area contributed by atoms with Gasteiger partial charge in [0.05, 0.1) is 0 Å². The maximum absolute atomic E-state index is 8.68. The molecule has 2 nitrogen and oxygen atoms in total. The first-order valence-corrected chi connectivity index (χ1v) is 5.12. The highest BCUT2D eigenvalue weighted by Crippen LogP contribution is 2.26. The summed E-state index contributed by atoms with van der Waals surface area (Å²) < 4.78 is 0. The third-order valence-corrected chi connectivity index (χ3v) is 3.16. The third kappa shape index (κ3) is 1.80. The van der Waals surface area contributed by atoms with Crippen LogP contribution < -0.4 is 5.32 Å². The Morgan fingerprint density at radius 1 is 1.46 bits per heavy atom. The molecule has 13 heavy (non-hydrogen) atoms. The predicted molar refractivity (Wildman–Crippen MR) is 54.5 cm³/mol. The van der Waals surface area contributed by atoms with Gasteiger partial charge in [0.25, 0.3) is 0 Å². The molecule has 0 radical (unpaired) electrons. The van der Waals surface area contributed by atoms with Crippen LogP contribution in [0.2, 0.25) is 0 Å². The normalized spacial score (nSPS) is 16.4. The fraction of sp³-hybridized carbons (Fsp3) is 0.300. The summed E-state index contributed by atoms with van der Waals surface area (Å²) in [5.41, 5.74) is 1.38. The molecule has 0 atom stereocenters. The van der Waals surface area contributed by atoms with Gasteiger partial charge >= 0.3 is 0 Å². The van der Waals surface area contributed by atoms with Crippen LogP contribution in [0.5, 0.6) is 0 Å². The molecule has 0 unspecified atom stereocenters. The molecule has 1 aliphatic rings. The quantitative estimate of drug-likeness (QED) is 0.735. The minimum Gasteiger partial charge on any atom is -0.313 e. The summed E-state index contributed by atoms with van der Waals surface area (Å²) in [6, 6.07) is 6.10. The van der Waals surface area contributed by atoms with Gasteiger partial charge in [-0.25, -0.2) is 0 Å². The second kappa shape index (κ2) is 3.73. The van der Waals surface area contributed by atoms with Gasteiger partial charge in [-0.3, -0.25) is 0 Å². The van der Waals surface area contributed by atoms with E-state index in [1.807, 2.05) is 12.1 Å². The topological polar surface area (TPSA) is 35.8 Å². The van der Waals surface area contributed by atoms with E-state index in [4.69, 9.17) is 5.26 Å². The first-order chi connectivity index (χ1) is 6.40. The van der Waals surface area contributed by atoms with E-state index < -0.39 is 0 Å². The average molecular weight is 190 g/mol. The lowest BCUT2D eigenvalue weighted by Crippen LogP contribution is -2.19. The van der Waals surface area contributed by atoms with Crippen LogP contribution in [0.15, 0.2) is 18.2 Å². The van der Waals surface area contributed by atoms with E-state index in [-0.39, 0.29) is 0 Å². The van der Waals surface area contributed by atoms with Crippen molar-refractivity contribution in [3.05, 3.63) is 28.0 Å². The molecule has 0 bridgehead atoms.